The minimum atomic E-state index is -0.326. The lowest BCUT2D eigenvalue weighted by atomic mass is 9.80. The summed E-state index contributed by atoms with van der Waals surface area (Å²) < 4.78 is 0. The zero-order valence-electron chi connectivity index (χ0n) is 23.1. The molecule has 0 aromatic heterocycles. The van der Waals surface area contributed by atoms with Gasteiger partial charge in [0.2, 0.25) is 0 Å². The minimum absolute atomic E-state index is 0.0572. The Bertz CT molecular complexity index is 1710. The third kappa shape index (κ3) is 4.52. The summed E-state index contributed by atoms with van der Waals surface area (Å²) in [4.78, 5) is 0. The first-order chi connectivity index (χ1) is 19.4. The maximum atomic E-state index is 9.06. The van der Waals surface area contributed by atoms with Crippen molar-refractivity contribution in [2.24, 2.45) is 5.73 Å². The van der Waals surface area contributed by atoms with Crippen molar-refractivity contribution in [3.05, 3.63) is 143 Å². The molecular weight excluding hydrogens is 486 g/mol. The van der Waals surface area contributed by atoms with E-state index in [9.17, 15) is 0 Å². The largest absolute Gasteiger partial charge is 0.312 e. The highest BCUT2D eigenvalue weighted by Crippen LogP contribution is 2.51. The van der Waals surface area contributed by atoms with Crippen LogP contribution in [0.5, 0.6) is 0 Å². The van der Waals surface area contributed by atoms with Crippen LogP contribution >= 0.6 is 0 Å². The Morgan fingerprint density at radius 2 is 1.25 bits per heavy atom. The first-order valence-corrected chi connectivity index (χ1v) is 13.8. The number of nitrogens with one attached hydrogen (secondary N) is 1. The molecular formula is C37H33N3. The maximum Gasteiger partial charge on any atom is 0.0991 e. The van der Waals surface area contributed by atoms with Crippen molar-refractivity contribution in [3.8, 4) is 39.4 Å². The molecule has 1 aliphatic carbocycles. The van der Waals surface area contributed by atoms with Crippen molar-refractivity contribution in [2.45, 2.75) is 38.4 Å². The van der Waals surface area contributed by atoms with Gasteiger partial charge in [0.15, 0.2) is 0 Å². The van der Waals surface area contributed by atoms with Gasteiger partial charge in [0.25, 0.3) is 0 Å². The van der Waals surface area contributed by atoms with Crippen LogP contribution in [0.25, 0.3) is 33.4 Å². The Labute approximate surface area is 236 Å². The highest BCUT2D eigenvalue weighted by Gasteiger charge is 2.36. The summed E-state index contributed by atoms with van der Waals surface area (Å²) in [6.07, 6.45) is -0.326. The van der Waals surface area contributed by atoms with Gasteiger partial charge in [-0.25, -0.2) is 0 Å². The van der Waals surface area contributed by atoms with Gasteiger partial charge < -0.3 is 5.73 Å². The third-order valence-electron chi connectivity index (χ3n) is 8.36. The summed E-state index contributed by atoms with van der Waals surface area (Å²) in [5.41, 5.74) is 19.5. The van der Waals surface area contributed by atoms with E-state index in [1.54, 1.807) is 12.1 Å². The normalized spacial score (nSPS) is 14.6. The molecule has 3 N–H and O–H groups in total. The van der Waals surface area contributed by atoms with Gasteiger partial charge in [-0.3, -0.25) is 5.32 Å². The highest BCUT2D eigenvalue weighted by molar-refractivity contribution is 5.92. The smallest absolute Gasteiger partial charge is 0.0991 e. The van der Waals surface area contributed by atoms with E-state index in [1.807, 2.05) is 12.1 Å². The fourth-order valence-corrected chi connectivity index (χ4v) is 6.02. The quantitative estimate of drug-likeness (QED) is 0.221. The van der Waals surface area contributed by atoms with Gasteiger partial charge >= 0.3 is 0 Å². The van der Waals surface area contributed by atoms with Gasteiger partial charge in [-0.1, -0.05) is 105 Å². The maximum absolute atomic E-state index is 9.06. The second kappa shape index (κ2) is 10.2. The summed E-state index contributed by atoms with van der Waals surface area (Å²) in [6.45, 7) is 6.79. The lowest BCUT2D eigenvalue weighted by Gasteiger charge is -2.23. The fourth-order valence-electron chi connectivity index (χ4n) is 6.02. The first-order valence-electron chi connectivity index (χ1n) is 13.8. The lowest BCUT2D eigenvalue weighted by molar-refractivity contribution is 0.479. The number of rotatable bonds is 6. The minimum Gasteiger partial charge on any atom is -0.312 e. The van der Waals surface area contributed by atoms with E-state index < -0.39 is 0 Å². The zero-order chi connectivity index (χ0) is 27.9. The molecule has 0 heterocycles. The van der Waals surface area contributed by atoms with E-state index in [0.717, 1.165) is 5.56 Å². The average molecular weight is 520 g/mol. The van der Waals surface area contributed by atoms with Crippen LogP contribution in [0.2, 0.25) is 0 Å². The van der Waals surface area contributed by atoms with Crippen molar-refractivity contribution < 1.29 is 0 Å². The van der Waals surface area contributed by atoms with Gasteiger partial charge in [0.05, 0.1) is 17.8 Å². The van der Waals surface area contributed by atoms with E-state index in [-0.39, 0.29) is 17.6 Å². The number of fused-ring (bicyclic) bond motifs is 3. The van der Waals surface area contributed by atoms with Gasteiger partial charge in [-0.05, 0) is 86.8 Å². The number of hydrogen-bond acceptors (Lipinski definition) is 3. The molecule has 3 heteroatoms. The highest BCUT2D eigenvalue weighted by atomic mass is 15.0. The van der Waals surface area contributed by atoms with Crippen LogP contribution < -0.4 is 11.1 Å². The summed E-state index contributed by atoms with van der Waals surface area (Å²) >= 11 is 0. The monoisotopic (exact) mass is 519 g/mol. The third-order valence-corrected chi connectivity index (χ3v) is 8.36. The van der Waals surface area contributed by atoms with E-state index in [1.165, 1.54) is 50.1 Å². The number of nitrogens with zero attached hydrogens (tertiary/aromatic N) is 1. The van der Waals surface area contributed by atoms with Crippen molar-refractivity contribution in [1.29, 1.82) is 5.26 Å². The Morgan fingerprint density at radius 3 is 1.95 bits per heavy atom. The number of hydrogen-bond donors (Lipinski definition) is 2. The average Bonchev–Trinajstić information content (AvgIpc) is 3.23. The topological polar surface area (TPSA) is 61.8 Å². The second-order valence-corrected chi connectivity index (χ2v) is 11.2. The van der Waals surface area contributed by atoms with Crippen LogP contribution in [0.3, 0.4) is 0 Å². The van der Waals surface area contributed by atoms with E-state index in [2.05, 4.69) is 123 Å². The van der Waals surface area contributed by atoms with Crippen molar-refractivity contribution in [2.75, 3.05) is 0 Å². The SMILES string of the molecule is CC(NC(N)c1ccc(C#N)cc1)c1ccc(-c2cc3c(cc2-c2ccccc2)-c2ccccc2C3(C)C)cc1. The molecule has 0 spiro atoms. The summed E-state index contributed by atoms with van der Waals surface area (Å²) in [5.74, 6) is 0. The van der Waals surface area contributed by atoms with Crippen LogP contribution in [0.15, 0.2) is 115 Å². The molecule has 0 aliphatic heterocycles. The van der Waals surface area contributed by atoms with Crippen molar-refractivity contribution >= 4 is 0 Å². The molecule has 5 aromatic carbocycles. The molecule has 2 unspecified atom stereocenters. The molecule has 0 saturated carbocycles. The number of benzene rings is 5. The van der Waals surface area contributed by atoms with E-state index in [4.69, 9.17) is 11.0 Å². The molecule has 0 saturated heterocycles. The van der Waals surface area contributed by atoms with Crippen LogP contribution in [-0.2, 0) is 5.41 Å². The van der Waals surface area contributed by atoms with Crippen LogP contribution in [0.4, 0.5) is 0 Å². The Balaban J connectivity index is 1.35. The van der Waals surface area contributed by atoms with Crippen LogP contribution in [0, 0.1) is 11.3 Å². The molecule has 40 heavy (non-hydrogen) atoms. The van der Waals surface area contributed by atoms with E-state index in [0.29, 0.717) is 5.56 Å². The van der Waals surface area contributed by atoms with Gasteiger partial charge in [0, 0.05) is 11.5 Å². The number of nitrogens with two attached hydrogens (primary N) is 1. The predicted molar refractivity (Wildman–Crippen MR) is 165 cm³/mol. The molecule has 3 nitrogen and oxygen atoms in total. The molecule has 2 atom stereocenters. The molecule has 1 aliphatic rings. The standard InChI is InChI=1S/C37H33N3/c1-24(40-36(39)29-15-13-25(23-38)14-16-29)26-17-19-28(20-18-26)32-22-35-33(21-31(32)27-9-5-4-6-10-27)30-11-7-8-12-34(30)37(35,2)3/h4-22,24,36,40H,39H2,1-3H3. The van der Waals surface area contributed by atoms with Gasteiger partial charge in [-0.15, -0.1) is 0 Å². The molecule has 5 aromatic rings. The van der Waals surface area contributed by atoms with Crippen LogP contribution in [0.1, 0.15) is 60.8 Å². The first kappa shape index (κ1) is 25.8. The lowest BCUT2D eigenvalue weighted by Crippen LogP contribution is -2.31. The number of nitriles is 1. The summed E-state index contributed by atoms with van der Waals surface area (Å²) in [6, 6.07) is 42.8. The zero-order valence-corrected chi connectivity index (χ0v) is 23.1. The molecule has 6 rings (SSSR count). The van der Waals surface area contributed by atoms with E-state index >= 15 is 0 Å². The molecule has 0 radical (unpaired) electrons. The molecule has 196 valence electrons. The fraction of sp³-hybridized carbons (Fsp3) is 0.162. The Hall–Kier alpha value is -4.49. The van der Waals surface area contributed by atoms with Crippen LogP contribution in [-0.4, -0.2) is 0 Å². The van der Waals surface area contributed by atoms with Gasteiger partial charge in [0.1, 0.15) is 0 Å². The predicted octanol–water partition coefficient (Wildman–Crippen LogP) is 8.51. The molecule has 0 fully saturated rings. The van der Waals surface area contributed by atoms with Crippen molar-refractivity contribution in [3.63, 3.8) is 0 Å². The van der Waals surface area contributed by atoms with Crippen molar-refractivity contribution in [1.82, 2.24) is 5.32 Å². The summed E-state index contributed by atoms with van der Waals surface area (Å²) in [5, 5.41) is 12.6. The Morgan fingerprint density at radius 1 is 0.650 bits per heavy atom. The second-order valence-electron chi connectivity index (χ2n) is 11.2. The Kier molecular flexibility index (Phi) is 6.60. The molecule has 0 amide bonds. The molecule has 0 bridgehead atoms. The van der Waals surface area contributed by atoms with Gasteiger partial charge in [-0.2, -0.15) is 5.26 Å². The summed E-state index contributed by atoms with van der Waals surface area (Å²) in [7, 11) is 0.